The molecule has 10 heteroatoms. The number of pyridine rings is 1. The summed E-state index contributed by atoms with van der Waals surface area (Å²) in [5.74, 6) is 0.173. The summed E-state index contributed by atoms with van der Waals surface area (Å²) < 4.78 is 51.6. The van der Waals surface area contributed by atoms with Crippen molar-refractivity contribution in [2.75, 3.05) is 7.11 Å². The summed E-state index contributed by atoms with van der Waals surface area (Å²) in [6.45, 7) is 3.17. The zero-order valence-corrected chi connectivity index (χ0v) is 20.7. The number of amides is 1. The van der Waals surface area contributed by atoms with Gasteiger partial charge in [0.05, 0.1) is 13.7 Å². The number of aryl methyl sites for hydroxylation is 2. The fourth-order valence-corrected chi connectivity index (χ4v) is 3.90. The maximum atomic E-state index is 13.9. The van der Waals surface area contributed by atoms with Crippen LogP contribution < -0.4 is 14.8 Å². The molecule has 2 aromatic carbocycles. The molecule has 0 aliphatic rings. The van der Waals surface area contributed by atoms with Crippen LogP contribution in [0.5, 0.6) is 11.5 Å². The Balaban J connectivity index is 1.46. The number of nitrogens with one attached hydrogen (secondary N) is 1. The van der Waals surface area contributed by atoms with E-state index < -0.39 is 11.9 Å². The van der Waals surface area contributed by atoms with Crippen molar-refractivity contribution >= 4 is 17.1 Å². The third-order valence-electron chi connectivity index (χ3n) is 5.64. The SMILES string of the molecule is COc1ccc(CNC(=O)CCc2nc3cc(C)cnc3n2Cc2ccc(OC(C)(F)F)cc2)cc1F. The van der Waals surface area contributed by atoms with Crippen molar-refractivity contribution in [3.63, 3.8) is 0 Å². The molecule has 0 saturated carbocycles. The summed E-state index contributed by atoms with van der Waals surface area (Å²) >= 11 is 0. The number of imidazole rings is 1. The summed E-state index contributed by atoms with van der Waals surface area (Å²) in [4.78, 5) is 21.7. The van der Waals surface area contributed by atoms with E-state index in [1.807, 2.05) is 17.6 Å². The van der Waals surface area contributed by atoms with E-state index >= 15 is 0 Å². The Hall–Kier alpha value is -4.08. The molecule has 4 aromatic rings. The lowest BCUT2D eigenvalue weighted by Gasteiger charge is -2.14. The number of hydrogen-bond acceptors (Lipinski definition) is 5. The van der Waals surface area contributed by atoms with E-state index in [4.69, 9.17) is 4.74 Å². The minimum atomic E-state index is -3.26. The maximum absolute atomic E-state index is 13.9. The van der Waals surface area contributed by atoms with Crippen LogP contribution in [0, 0.1) is 12.7 Å². The lowest BCUT2D eigenvalue weighted by Crippen LogP contribution is -2.23. The second kappa shape index (κ2) is 10.9. The highest BCUT2D eigenvalue weighted by molar-refractivity contribution is 5.76. The minimum absolute atomic E-state index is 0.0640. The molecule has 0 atom stereocenters. The Kier molecular flexibility index (Phi) is 7.66. The number of methoxy groups -OCH3 is 1. The first-order valence-corrected chi connectivity index (χ1v) is 11.7. The second-order valence-corrected chi connectivity index (χ2v) is 8.77. The fraction of sp³-hybridized carbons (Fsp3) is 0.296. The molecule has 0 radical (unpaired) electrons. The molecule has 0 aliphatic carbocycles. The van der Waals surface area contributed by atoms with Gasteiger partial charge in [0.1, 0.15) is 17.1 Å². The van der Waals surface area contributed by atoms with E-state index in [-0.39, 0.29) is 30.4 Å². The molecule has 1 amide bonds. The van der Waals surface area contributed by atoms with E-state index in [0.717, 1.165) is 11.1 Å². The molecule has 0 spiro atoms. The molecule has 0 bridgehead atoms. The number of carbonyl (C=O) groups is 1. The minimum Gasteiger partial charge on any atom is -0.494 e. The van der Waals surface area contributed by atoms with Gasteiger partial charge in [0.25, 0.3) is 0 Å². The van der Waals surface area contributed by atoms with E-state index in [1.165, 1.54) is 31.4 Å². The van der Waals surface area contributed by atoms with Crippen LogP contribution in [0.2, 0.25) is 0 Å². The van der Waals surface area contributed by atoms with Crippen molar-refractivity contribution in [1.29, 1.82) is 0 Å². The molecule has 37 heavy (non-hydrogen) atoms. The topological polar surface area (TPSA) is 78.3 Å². The molecule has 0 aliphatic heterocycles. The Morgan fingerprint density at radius 2 is 1.84 bits per heavy atom. The van der Waals surface area contributed by atoms with E-state index in [2.05, 4.69) is 20.0 Å². The predicted molar refractivity (Wildman–Crippen MR) is 132 cm³/mol. The van der Waals surface area contributed by atoms with E-state index in [9.17, 15) is 18.0 Å². The van der Waals surface area contributed by atoms with E-state index in [0.29, 0.717) is 42.4 Å². The molecule has 4 rings (SSSR count). The number of ether oxygens (including phenoxy) is 2. The van der Waals surface area contributed by atoms with Gasteiger partial charge in [0.15, 0.2) is 17.2 Å². The van der Waals surface area contributed by atoms with Gasteiger partial charge in [-0.05, 0) is 53.9 Å². The van der Waals surface area contributed by atoms with Crippen LogP contribution in [-0.2, 0) is 24.3 Å². The van der Waals surface area contributed by atoms with Gasteiger partial charge in [-0.1, -0.05) is 18.2 Å². The Morgan fingerprint density at radius 3 is 2.51 bits per heavy atom. The van der Waals surface area contributed by atoms with Gasteiger partial charge < -0.3 is 19.4 Å². The monoisotopic (exact) mass is 512 g/mol. The third kappa shape index (κ3) is 6.78. The Bertz CT molecular complexity index is 1400. The highest BCUT2D eigenvalue weighted by atomic mass is 19.3. The van der Waals surface area contributed by atoms with Crippen molar-refractivity contribution in [3.05, 3.63) is 83.1 Å². The number of hydrogen-bond donors (Lipinski definition) is 1. The van der Waals surface area contributed by atoms with Crippen LogP contribution in [0.1, 0.15) is 35.9 Å². The average molecular weight is 513 g/mol. The number of rotatable bonds is 10. The maximum Gasteiger partial charge on any atom is 0.394 e. The Labute approximate surface area is 212 Å². The van der Waals surface area contributed by atoms with Crippen LogP contribution in [0.15, 0.2) is 54.7 Å². The third-order valence-corrected chi connectivity index (χ3v) is 5.64. The number of carbonyl (C=O) groups excluding carboxylic acids is 1. The summed E-state index contributed by atoms with van der Waals surface area (Å²) in [6.07, 6.45) is -1.01. The van der Waals surface area contributed by atoms with Gasteiger partial charge in [-0.3, -0.25) is 4.79 Å². The second-order valence-electron chi connectivity index (χ2n) is 8.77. The van der Waals surface area contributed by atoms with Crippen LogP contribution in [-0.4, -0.2) is 33.7 Å². The smallest absolute Gasteiger partial charge is 0.394 e. The van der Waals surface area contributed by atoms with Crippen LogP contribution >= 0.6 is 0 Å². The van der Waals surface area contributed by atoms with Crippen molar-refractivity contribution in [3.8, 4) is 11.5 Å². The highest BCUT2D eigenvalue weighted by Gasteiger charge is 2.23. The van der Waals surface area contributed by atoms with Crippen molar-refractivity contribution in [2.24, 2.45) is 0 Å². The Morgan fingerprint density at radius 1 is 1.11 bits per heavy atom. The number of nitrogens with zero attached hydrogens (tertiary/aromatic N) is 3. The summed E-state index contributed by atoms with van der Waals surface area (Å²) in [5, 5.41) is 2.80. The van der Waals surface area contributed by atoms with Crippen molar-refractivity contribution in [1.82, 2.24) is 19.9 Å². The van der Waals surface area contributed by atoms with Gasteiger partial charge in [-0.25, -0.2) is 14.4 Å². The normalized spacial score (nSPS) is 11.5. The lowest BCUT2D eigenvalue weighted by atomic mass is 10.2. The molecular weight excluding hydrogens is 485 g/mol. The average Bonchev–Trinajstić information content (AvgIpc) is 3.17. The molecule has 1 N–H and O–H groups in total. The van der Waals surface area contributed by atoms with Gasteiger partial charge in [-0.2, -0.15) is 8.78 Å². The van der Waals surface area contributed by atoms with Crippen molar-refractivity contribution < 1.29 is 27.4 Å². The molecular formula is C27H27F3N4O3. The molecule has 7 nitrogen and oxygen atoms in total. The summed E-state index contributed by atoms with van der Waals surface area (Å²) in [5.41, 5.74) is 3.77. The summed E-state index contributed by atoms with van der Waals surface area (Å²) in [7, 11) is 1.39. The number of alkyl halides is 2. The zero-order valence-electron chi connectivity index (χ0n) is 20.7. The highest BCUT2D eigenvalue weighted by Crippen LogP contribution is 2.23. The molecule has 0 fully saturated rings. The van der Waals surface area contributed by atoms with Gasteiger partial charge in [-0.15, -0.1) is 0 Å². The largest absolute Gasteiger partial charge is 0.494 e. The van der Waals surface area contributed by atoms with Gasteiger partial charge in [0.2, 0.25) is 5.91 Å². The molecule has 0 saturated heterocycles. The lowest BCUT2D eigenvalue weighted by molar-refractivity contribution is -0.158. The molecule has 2 aromatic heterocycles. The predicted octanol–water partition coefficient (Wildman–Crippen LogP) is 5.18. The van der Waals surface area contributed by atoms with Crippen LogP contribution in [0.4, 0.5) is 13.2 Å². The van der Waals surface area contributed by atoms with Crippen molar-refractivity contribution in [2.45, 2.75) is 45.9 Å². The first-order valence-electron chi connectivity index (χ1n) is 11.7. The summed E-state index contributed by atoms with van der Waals surface area (Å²) in [6, 6.07) is 12.8. The quantitative estimate of drug-likeness (QED) is 0.317. The van der Waals surface area contributed by atoms with E-state index in [1.54, 1.807) is 24.4 Å². The first-order chi connectivity index (χ1) is 17.6. The van der Waals surface area contributed by atoms with Crippen LogP contribution in [0.25, 0.3) is 11.2 Å². The standard InChI is InChI=1S/C27H27F3N4O3/c1-17-12-22-26(32-14-17)34(16-18-4-7-20(8-5-18)37-27(2,29)30)24(33-22)10-11-25(35)31-15-19-6-9-23(36-3)21(28)13-19/h4-9,12-14H,10-11,15-16H2,1-3H3,(H,31,35). The number of halogens is 3. The zero-order chi connectivity index (χ0) is 26.6. The number of fused-ring (bicyclic) bond motifs is 1. The molecule has 2 heterocycles. The van der Waals surface area contributed by atoms with Crippen LogP contribution in [0.3, 0.4) is 0 Å². The first kappa shape index (κ1) is 26.0. The fourth-order valence-electron chi connectivity index (χ4n) is 3.90. The van der Waals surface area contributed by atoms with Gasteiger partial charge in [0, 0.05) is 32.5 Å². The molecule has 0 unspecified atom stereocenters. The molecule has 194 valence electrons. The van der Waals surface area contributed by atoms with Gasteiger partial charge >= 0.3 is 6.11 Å². The number of benzene rings is 2. The number of aromatic nitrogens is 3.